The lowest BCUT2D eigenvalue weighted by Crippen LogP contribution is -2.40. The Morgan fingerprint density at radius 2 is 1.94 bits per heavy atom. The molecule has 0 spiro atoms. The van der Waals surface area contributed by atoms with Gasteiger partial charge in [-0.15, -0.1) is 0 Å². The summed E-state index contributed by atoms with van der Waals surface area (Å²) < 4.78 is 28.2. The number of hydrogen-bond acceptors (Lipinski definition) is 5. The third-order valence-corrected chi connectivity index (χ3v) is 8.51. The molecule has 2 N–H and O–H groups in total. The van der Waals surface area contributed by atoms with E-state index in [0.717, 1.165) is 39.7 Å². The van der Waals surface area contributed by atoms with Crippen molar-refractivity contribution in [3.8, 4) is 0 Å². The van der Waals surface area contributed by atoms with E-state index in [1.165, 1.54) is 4.31 Å². The number of fused-ring (bicyclic) bond motifs is 1. The Labute approximate surface area is 208 Å². The molecule has 0 radical (unpaired) electrons. The van der Waals surface area contributed by atoms with Gasteiger partial charge < -0.3 is 10.6 Å². The van der Waals surface area contributed by atoms with Crippen LogP contribution in [0.3, 0.4) is 0 Å². The molecule has 180 valence electrons. The second kappa shape index (κ2) is 10.4. The number of nitrogens with zero attached hydrogens (tertiary/aromatic N) is 3. The molecule has 1 unspecified atom stereocenters. The first-order valence-electron chi connectivity index (χ1n) is 11.1. The van der Waals surface area contributed by atoms with Gasteiger partial charge in [0.2, 0.25) is 10.0 Å². The van der Waals surface area contributed by atoms with Crippen molar-refractivity contribution in [1.29, 1.82) is 0 Å². The van der Waals surface area contributed by atoms with Gasteiger partial charge >= 0.3 is 6.03 Å². The summed E-state index contributed by atoms with van der Waals surface area (Å²) in [5.41, 5.74) is 2.39. The molecule has 0 bridgehead atoms. The molecule has 1 fully saturated rings. The van der Waals surface area contributed by atoms with Gasteiger partial charge in [0.1, 0.15) is 0 Å². The van der Waals surface area contributed by atoms with Crippen molar-refractivity contribution >= 4 is 48.6 Å². The number of likely N-dealkylation sites (tertiary alicyclic amines) is 1. The fraction of sp³-hybridized carbons (Fsp3) is 0.333. The number of hydrogen-bond donors (Lipinski definition) is 2. The van der Waals surface area contributed by atoms with Crippen LogP contribution in [0.15, 0.2) is 64.0 Å². The second-order valence-electron chi connectivity index (χ2n) is 8.43. The number of aromatic nitrogens is 1. The molecule has 1 saturated heterocycles. The first-order valence-corrected chi connectivity index (χ1v) is 13.3. The SMILES string of the molecule is Cc1cc(NC(=O)NCCN2CCC(N(C)S(=O)(=O)c3ccc(Br)cc3)C2)c2ccccc2n1. The van der Waals surface area contributed by atoms with Crippen LogP contribution >= 0.6 is 15.9 Å². The van der Waals surface area contributed by atoms with Crippen molar-refractivity contribution in [2.24, 2.45) is 0 Å². The minimum atomic E-state index is -3.55. The largest absolute Gasteiger partial charge is 0.337 e. The van der Waals surface area contributed by atoms with E-state index in [1.807, 2.05) is 37.3 Å². The molecule has 2 amide bonds. The zero-order valence-corrected chi connectivity index (χ0v) is 21.6. The average molecular weight is 546 g/mol. The Hall–Kier alpha value is -2.53. The van der Waals surface area contributed by atoms with E-state index >= 15 is 0 Å². The number of anilines is 1. The van der Waals surface area contributed by atoms with Crippen molar-refractivity contribution in [3.63, 3.8) is 0 Å². The molecular weight excluding hydrogens is 518 g/mol. The van der Waals surface area contributed by atoms with E-state index in [1.54, 1.807) is 31.3 Å². The highest BCUT2D eigenvalue weighted by Crippen LogP contribution is 2.24. The molecule has 10 heteroatoms. The van der Waals surface area contributed by atoms with Gasteiger partial charge in [0.05, 0.1) is 16.1 Å². The number of carbonyl (C=O) groups is 1. The molecule has 0 aliphatic carbocycles. The summed E-state index contributed by atoms with van der Waals surface area (Å²) in [6, 6.07) is 15.8. The number of rotatable bonds is 7. The van der Waals surface area contributed by atoms with Crippen LogP contribution in [0.25, 0.3) is 10.9 Å². The van der Waals surface area contributed by atoms with Crippen molar-refractivity contribution in [3.05, 3.63) is 64.8 Å². The predicted molar refractivity (Wildman–Crippen MR) is 137 cm³/mol. The van der Waals surface area contributed by atoms with Crippen LogP contribution in [0, 0.1) is 6.92 Å². The second-order valence-corrected chi connectivity index (χ2v) is 11.3. The summed E-state index contributed by atoms with van der Waals surface area (Å²) in [6.07, 6.45) is 0.751. The summed E-state index contributed by atoms with van der Waals surface area (Å²) in [7, 11) is -1.91. The Bertz CT molecular complexity index is 1280. The monoisotopic (exact) mass is 545 g/mol. The molecule has 1 atom stereocenters. The van der Waals surface area contributed by atoms with Crippen molar-refractivity contribution in [1.82, 2.24) is 19.5 Å². The third-order valence-electron chi connectivity index (χ3n) is 6.06. The highest BCUT2D eigenvalue weighted by atomic mass is 79.9. The highest BCUT2D eigenvalue weighted by Gasteiger charge is 2.33. The van der Waals surface area contributed by atoms with Crippen LogP contribution in [-0.4, -0.2) is 67.9 Å². The third kappa shape index (κ3) is 5.57. The lowest BCUT2D eigenvalue weighted by Gasteiger charge is -2.24. The number of carbonyl (C=O) groups excluding carboxylic acids is 1. The van der Waals surface area contributed by atoms with Crippen molar-refractivity contribution in [2.45, 2.75) is 24.3 Å². The van der Waals surface area contributed by atoms with Gasteiger partial charge in [-0.3, -0.25) is 9.88 Å². The summed E-state index contributed by atoms with van der Waals surface area (Å²) in [4.78, 5) is 19.4. The fourth-order valence-corrected chi connectivity index (χ4v) is 5.83. The topological polar surface area (TPSA) is 94.6 Å². The molecule has 2 aromatic carbocycles. The first-order chi connectivity index (χ1) is 16.2. The van der Waals surface area contributed by atoms with Gasteiger partial charge in [0.25, 0.3) is 0 Å². The van der Waals surface area contributed by atoms with Crippen LogP contribution in [-0.2, 0) is 10.0 Å². The molecule has 2 heterocycles. The lowest BCUT2D eigenvalue weighted by molar-refractivity contribution is 0.248. The normalized spacial score (nSPS) is 16.8. The zero-order valence-electron chi connectivity index (χ0n) is 19.2. The van der Waals surface area contributed by atoms with E-state index in [2.05, 4.69) is 36.4 Å². The van der Waals surface area contributed by atoms with E-state index in [0.29, 0.717) is 19.6 Å². The summed E-state index contributed by atoms with van der Waals surface area (Å²) in [5, 5.41) is 6.71. The van der Waals surface area contributed by atoms with Crippen LogP contribution < -0.4 is 10.6 Å². The Morgan fingerprint density at radius 3 is 2.71 bits per heavy atom. The fourth-order valence-electron chi connectivity index (χ4n) is 4.19. The number of para-hydroxylation sites is 1. The average Bonchev–Trinajstić information content (AvgIpc) is 3.27. The van der Waals surface area contributed by atoms with E-state index < -0.39 is 10.0 Å². The number of amides is 2. The smallest absolute Gasteiger partial charge is 0.319 e. The number of urea groups is 1. The van der Waals surface area contributed by atoms with Crippen LogP contribution in [0.4, 0.5) is 10.5 Å². The Morgan fingerprint density at radius 1 is 1.21 bits per heavy atom. The Balaban J connectivity index is 1.28. The summed E-state index contributed by atoms with van der Waals surface area (Å²) in [6.45, 7) is 4.41. The zero-order chi connectivity index (χ0) is 24.3. The Kier molecular flexibility index (Phi) is 7.51. The van der Waals surface area contributed by atoms with Gasteiger partial charge in [0, 0.05) is 48.3 Å². The molecule has 1 aromatic heterocycles. The van der Waals surface area contributed by atoms with Gasteiger partial charge in [0.15, 0.2) is 0 Å². The number of sulfonamides is 1. The maximum Gasteiger partial charge on any atom is 0.319 e. The molecule has 1 aliphatic rings. The minimum Gasteiger partial charge on any atom is -0.337 e. The predicted octanol–water partition coefficient (Wildman–Crippen LogP) is 3.82. The maximum absolute atomic E-state index is 13.0. The van der Waals surface area contributed by atoms with Crippen LogP contribution in [0.1, 0.15) is 12.1 Å². The minimum absolute atomic E-state index is 0.103. The van der Waals surface area contributed by atoms with Gasteiger partial charge in [-0.25, -0.2) is 13.2 Å². The number of pyridine rings is 1. The van der Waals surface area contributed by atoms with Gasteiger partial charge in [-0.1, -0.05) is 34.1 Å². The number of benzene rings is 2. The number of aryl methyl sites for hydroxylation is 1. The van der Waals surface area contributed by atoms with E-state index in [-0.39, 0.29) is 17.0 Å². The van der Waals surface area contributed by atoms with Gasteiger partial charge in [-0.2, -0.15) is 4.31 Å². The summed E-state index contributed by atoms with van der Waals surface area (Å²) >= 11 is 3.34. The van der Waals surface area contributed by atoms with Crippen LogP contribution in [0.5, 0.6) is 0 Å². The quantitative estimate of drug-likeness (QED) is 0.470. The molecule has 1 aliphatic heterocycles. The summed E-state index contributed by atoms with van der Waals surface area (Å²) in [5.74, 6) is 0. The van der Waals surface area contributed by atoms with Crippen molar-refractivity contribution in [2.75, 3.05) is 38.5 Å². The van der Waals surface area contributed by atoms with Crippen molar-refractivity contribution < 1.29 is 13.2 Å². The van der Waals surface area contributed by atoms with E-state index in [9.17, 15) is 13.2 Å². The molecule has 4 rings (SSSR count). The molecular formula is C24H28BrN5O3S. The highest BCUT2D eigenvalue weighted by molar-refractivity contribution is 9.10. The standard InChI is InChI=1S/C24H28BrN5O3S/c1-17-15-23(21-5-3-4-6-22(21)27-17)28-24(31)26-12-14-30-13-11-19(16-30)29(2)34(32,33)20-9-7-18(25)8-10-20/h3-10,15,19H,11-14,16H2,1-2H3,(H2,26,27,28,31). The molecule has 0 saturated carbocycles. The number of likely N-dealkylation sites (N-methyl/N-ethyl adjacent to an activating group) is 1. The molecule has 34 heavy (non-hydrogen) atoms. The van der Waals surface area contributed by atoms with Crippen LogP contribution in [0.2, 0.25) is 0 Å². The van der Waals surface area contributed by atoms with E-state index in [4.69, 9.17) is 0 Å². The number of nitrogens with one attached hydrogen (secondary N) is 2. The first kappa shape index (κ1) is 24.6. The van der Waals surface area contributed by atoms with Gasteiger partial charge in [-0.05, 0) is 56.3 Å². The maximum atomic E-state index is 13.0. The molecule has 8 nitrogen and oxygen atoms in total. The molecule has 3 aromatic rings. The number of halogens is 1. The lowest BCUT2D eigenvalue weighted by atomic mass is 10.1.